The SMILES string of the molecule is CCC(C)C(NC(=O)c1ccccc1)C(=O)N1CCC(C(C)O)CC1. The van der Waals surface area contributed by atoms with Crippen LogP contribution in [0.2, 0.25) is 0 Å². The summed E-state index contributed by atoms with van der Waals surface area (Å²) >= 11 is 0. The summed E-state index contributed by atoms with van der Waals surface area (Å²) in [5, 5.41) is 12.7. The molecule has 3 atom stereocenters. The van der Waals surface area contributed by atoms with Crippen molar-refractivity contribution in [1.82, 2.24) is 10.2 Å². The summed E-state index contributed by atoms with van der Waals surface area (Å²) in [7, 11) is 0. The molecule has 2 N–H and O–H groups in total. The number of hydrogen-bond acceptors (Lipinski definition) is 3. The molecule has 0 saturated carbocycles. The van der Waals surface area contributed by atoms with Crippen molar-refractivity contribution in [3.63, 3.8) is 0 Å². The van der Waals surface area contributed by atoms with Crippen LogP contribution in [-0.4, -0.2) is 47.1 Å². The first kappa shape index (κ1) is 19.4. The van der Waals surface area contributed by atoms with Gasteiger partial charge in [-0.05, 0) is 43.7 Å². The minimum Gasteiger partial charge on any atom is -0.393 e. The second kappa shape index (κ2) is 8.99. The highest BCUT2D eigenvalue weighted by molar-refractivity contribution is 5.97. The zero-order chi connectivity index (χ0) is 18.4. The molecule has 1 aromatic carbocycles. The largest absolute Gasteiger partial charge is 0.393 e. The monoisotopic (exact) mass is 346 g/mol. The molecule has 1 aromatic rings. The van der Waals surface area contributed by atoms with Crippen molar-refractivity contribution in [2.75, 3.05) is 13.1 Å². The molecule has 138 valence electrons. The summed E-state index contributed by atoms with van der Waals surface area (Å²) in [5.41, 5.74) is 0.566. The Kier molecular flexibility index (Phi) is 7.00. The Morgan fingerprint density at radius 1 is 1.20 bits per heavy atom. The van der Waals surface area contributed by atoms with Gasteiger partial charge in [-0.1, -0.05) is 38.5 Å². The van der Waals surface area contributed by atoms with E-state index in [1.165, 1.54) is 0 Å². The minimum atomic E-state index is -0.513. The van der Waals surface area contributed by atoms with Crippen molar-refractivity contribution in [1.29, 1.82) is 0 Å². The molecule has 1 saturated heterocycles. The quantitative estimate of drug-likeness (QED) is 0.831. The Balaban J connectivity index is 2.04. The maximum absolute atomic E-state index is 13.0. The van der Waals surface area contributed by atoms with Gasteiger partial charge in [-0.25, -0.2) is 0 Å². The van der Waals surface area contributed by atoms with E-state index < -0.39 is 6.04 Å². The molecule has 5 heteroatoms. The molecule has 3 unspecified atom stereocenters. The van der Waals surface area contributed by atoms with Gasteiger partial charge in [-0.2, -0.15) is 0 Å². The van der Waals surface area contributed by atoms with E-state index in [-0.39, 0.29) is 29.8 Å². The van der Waals surface area contributed by atoms with Crippen LogP contribution in [0.4, 0.5) is 0 Å². The summed E-state index contributed by atoms with van der Waals surface area (Å²) in [6.07, 6.45) is 2.10. The smallest absolute Gasteiger partial charge is 0.251 e. The molecule has 25 heavy (non-hydrogen) atoms. The van der Waals surface area contributed by atoms with Gasteiger partial charge in [0.1, 0.15) is 6.04 Å². The lowest BCUT2D eigenvalue weighted by atomic mass is 9.90. The van der Waals surface area contributed by atoms with E-state index in [1.807, 2.05) is 43.9 Å². The lowest BCUT2D eigenvalue weighted by Gasteiger charge is -2.36. The molecule has 0 aromatic heterocycles. The molecule has 5 nitrogen and oxygen atoms in total. The van der Waals surface area contributed by atoms with Gasteiger partial charge in [0.05, 0.1) is 6.10 Å². The normalized spacial score (nSPS) is 19.1. The zero-order valence-corrected chi connectivity index (χ0v) is 15.4. The molecule has 1 aliphatic heterocycles. The Hall–Kier alpha value is -1.88. The van der Waals surface area contributed by atoms with Gasteiger partial charge in [0.2, 0.25) is 5.91 Å². The summed E-state index contributed by atoms with van der Waals surface area (Å²) in [6.45, 7) is 7.12. The van der Waals surface area contributed by atoms with Crippen LogP contribution in [-0.2, 0) is 4.79 Å². The first-order valence-electron chi connectivity index (χ1n) is 9.26. The predicted molar refractivity (Wildman–Crippen MR) is 98.1 cm³/mol. The summed E-state index contributed by atoms with van der Waals surface area (Å²) in [5.74, 6) is 0.0976. The maximum Gasteiger partial charge on any atom is 0.251 e. The van der Waals surface area contributed by atoms with Gasteiger partial charge >= 0.3 is 0 Å². The van der Waals surface area contributed by atoms with E-state index in [2.05, 4.69) is 5.32 Å². The highest BCUT2D eigenvalue weighted by Crippen LogP contribution is 2.22. The third kappa shape index (κ3) is 5.05. The lowest BCUT2D eigenvalue weighted by molar-refractivity contribution is -0.136. The van der Waals surface area contributed by atoms with Crippen LogP contribution in [0.1, 0.15) is 50.4 Å². The molecule has 0 bridgehead atoms. The average molecular weight is 346 g/mol. The number of amides is 2. The van der Waals surface area contributed by atoms with Crippen molar-refractivity contribution in [2.45, 2.75) is 52.2 Å². The van der Waals surface area contributed by atoms with Crippen LogP contribution >= 0.6 is 0 Å². The first-order valence-corrected chi connectivity index (χ1v) is 9.26. The fourth-order valence-electron chi connectivity index (χ4n) is 3.30. The highest BCUT2D eigenvalue weighted by Gasteiger charge is 2.33. The zero-order valence-electron chi connectivity index (χ0n) is 15.4. The van der Waals surface area contributed by atoms with Crippen LogP contribution in [0.25, 0.3) is 0 Å². The van der Waals surface area contributed by atoms with Crippen LogP contribution in [0.15, 0.2) is 30.3 Å². The minimum absolute atomic E-state index is 0.0114. The van der Waals surface area contributed by atoms with Crippen LogP contribution < -0.4 is 5.32 Å². The van der Waals surface area contributed by atoms with Crippen molar-refractivity contribution >= 4 is 11.8 Å². The predicted octanol–water partition coefficient (Wildman–Crippen LogP) is 2.45. The number of aliphatic hydroxyl groups excluding tert-OH is 1. The first-order chi connectivity index (χ1) is 11.9. The van der Waals surface area contributed by atoms with Crippen LogP contribution in [0.3, 0.4) is 0 Å². The molecule has 2 amide bonds. The molecular weight excluding hydrogens is 316 g/mol. The third-order valence-electron chi connectivity index (χ3n) is 5.34. The summed E-state index contributed by atoms with van der Waals surface area (Å²) in [4.78, 5) is 27.3. The van der Waals surface area contributed by atoms with E-state index in [0.29, 0.717) is 18.7 Å². The molecule has 0 aliphatic carbocycles. The second-order valence-corrected chi connectivity index (χ2v) is 7.11. The molecule has 1 aliphatic rings. The number of carbonyl (C=O) groups is 2. The molecule has 1 heterocycles. The average Bonchev–Trinajstić information content (AvgIpc) is 2.65. The van der Waals surface area contributed by atoms with Gasteiger partial charge in [-0.15, -0.1) is 0 Å². The van der Waals surface area contributed by atoms with E-state index in [9.17, 15) is 14.7 Å². The van der Waals surface area contributed by atoms with Gasteiger partial charge in [0.25, 0.3) is 5.91 Å². The maximum atomic E-state index is 13.0. The van der Waals surface area contributed by atoms with Gasteiger partial charge in [0, 0.05) is 18.7 Å². The van der Waals surface area contributed by atoms with Gasteiger partial charge in [-0.3, -0.25) is 9.59 Å². The fraction of sp³-hybridized carbons (Fsp3) is 0.600. The molecule has 0 spiro atoms. The Labute approximate surface area is 150 Å². The number of rotatable bonds is 6. The Morgan fingerprint density at radius 2 is 1.80 bits per heavy atom. The van der Waals surface area contributed by atoms with Crippen LogP contribution in [0.5, 0.6) is 0 Å². The van der Waals surface area contributed by atoms with Gasteiger partial charge < -0.3 is 15.3 Å². The van der Waals surface area contributed by atoms with Crippen LogP contribution in [0, 0.1) is 11.8 Å². The number of aliphatic hydroxyl groups is 1. The number of hydrogen-bond donors (Lipinski definition) is 2. The number of benzene rings is 1. The fourth-order valence-corrected chi connectivity index (χ4v) is 3.30. The topological polar surface area (TPSA) is 69.6 Å². The molecular formula is C20H30N2O3. The highest BCUT2D eigenvalue weighted by atomic mass is 16.3. The summed E-state index contributed by atoms with van der Waals surface area (Å²) < 4.78 is 0. The Morgan fingerprint density at radius 3 is 2.32 bits per heavy atom. The molecule has 2 rings (SSSR count). The van der Waals surface area contributed by atoms with Gasteiger partial charge in [0.15, 0.2) is 0 Å². The van der Waals surface area contributed by atoms with E-state index in [4.69, 9.17) is 0 Å². The van der Waals surface area contributed by atoms with Crippen molar-refractivity contribution in [2.24, 2.45) is 11.8 Å². The van der Waals surface area contributed by atoms with Crippen molar-refractivity contribution < 1.29 is 14.7 Å². The second-order valence-electron chi connectivity index (χ2n) is 7.11. The lowest BCUT2D eigenvalue weighted by Crippen LogP contribution is -2.53. The summed E-state index contributed by atoms with van der Waals surface area (Å²) in [6, 6.07) is 8.48. The number of piperidine rings is 1. The number of nitrogens with zero attached hydrogens (tertiary/aromatic N) is 1. The number of carbonyl (C=O) groups excluding carboxylic acids is 2. The number of likely N-dealkylation sites (tertiary alicyclic amines) is 1. The van der Waals surface area contributed by atoms with Crippen molar-refractivity contribution in [3.8, 4) is 0 Å². The van der Waals surface area contributed by atoms with Crippen molar-refractivity contribution in [3.05, 3.63) is 35.9 Å². The third-order valence-corrected chi connectivity index (χ3v) is 5.34. The molecule has 1 fully saturated rings. The number of nitrogens with one attached hydrogen (secondary N) is 1. The van der Waals surface area contributed by atoms with E-state index in [0.717, 1.165) is 19.3 Å². The van der Waals surface area contributed by atoms with E-state index in [1.54, 1.807) is 12.1 Å². The molecule has 0 radical (unpaired) electrons. The van der Waals surface area contributed by atoms with E-state index >= 15 is 0 Å². The Bertz CT molecular complexity index is 566. The standard InChI is InChI=1S/C20H30N2O3/c1-4-14(2)18(21-19(24)17-8-6-5-7-9-17)20(25)22-12-10-16(11-13-22)15(3)23/h5-9,14-16,18,23H,4,10-13H2,1-3H3,(H,21,24).